The van der Waals surface area contributed by atoms with Crippen molar-refractivity contribution in [2.24, 2.45) is 0 Å². The van der Waals surface area contributed by atoms with Crippen molar-refractivity contribution in [1.82, 2.24) is 10.6 Å². The van der Waals surface area contributed by atoms with E-state index in [9.17, 15) is 9.59 Å². The molecule has 1 atom stereocenters. The first-order valence-electron chi connectivity index (χ1n) is 8.07. The highest BCUT2D eigenvalue weighted by Crippen LogP contribution is 2.15. The minimum Gasteiger partial charge on any atom is -0.484 e. The quantitative estimate of drug-likeness (QED) is 0.568. The van der Waals surface area contributed by atoms with Crippen molar-refractivity contribution in [1.29, 1.82) is 5.26 Å². The molecule has 0 unspecified atom stereocenters. The SMILES string of the molecule is CNC(=O)/C(C#N)=C/c1ccc(OCC(=O)NC[C@H]2CCCO2)cc1. The Balaban J connectivity index is 1.81. The number of benzene rings is 1. The highest BCUT2D eigenvalue weighted by Gasteiger charge is 2.16. The monoisotopic (exact) mass is 343 g/mol. The number of hydrogen-bond acceptors (Lipinski definition) is 5. The van der Waals surface area contributed by atoms with Gasteiger partial charge in [-0.25, -0.2) is 0 Å². The summed E-state index contributed by atoms with van der Waals surface area (Å²) < 4.78 is 10.9. The number of nitriles is 1. The Kier molecular flexibility index (Phi) is 6.99. The van der Waals surface area contributed by atoms with Crippen molar-refractivity contribution in [3.8, 4) is 11.8 Å². The Morgan fingerprint density at radius 3 is 2.76 bits per heavy atom. The third-order valence-corrected chi connectivity index (χ3v) is 3.70. The third kappa shape index (κ3) is 5.94. The normalized spacial score (nSPS) is 16.8. The zero-order valence-electron chi connectivity index (χ0n) is 14.1. The molecule has 0 bridgehead atoms. The summed E-state index contributed by atoms with van der Waals surface area (Å²) in [6.45, 7) is 1.18. The zero-order chi connectivity index (χ0) is 18.1. The van der Waals surface area contributed by atoms with E-state index in [1.807, 2.05) is 6.07 Å². The molecule has 1 saturated heterocycles. The molecule has 7 heteroatoms. The molecule has 0 aromatic heterocycles. The molecule has 1 fully saturated rings. The lowest BCUT2D eigenvalue weighted by Gasteiger charge is -2.11. The van der Waals surface area contributed by atoms with Crippen molar-refractivity contribution in [2.45, 2.75) is 18.9 Å². The molecule has 2 N–H and O–H groups in total. The molecule has 1 heterocycles. The van der Waals surface area contributed by atoms with Crippen LogP contribution in [0, 0.1) is 11.3 Å². The lowest BCUT2D eigenvalue weighted by molar-refractivity contribution is -0.123. The number of likely N-dealkylation sites (N-methyl/N-ethyl adjacent to an activating group) is 1. The first-order valence-corrected chi connectivity index (χ1v) is 8.07. The number of amides is 2. The van der Waals surface area contributed by atoms with Gasteiger partial charge in [0.05, 0.1) is 6.10 Å². The molecule has 7 nitrogen and oxygen atoms in total. The van der Waals surface area contributed by atoms with Gasteiger partial charge in [-0.05, 0) is 36.6 Å². The van der Waals surface area contributed by atoms with Crippen molar-refractivity contribution < 1.29 is 19.1 Å². The van der Waals surface area contributed by atoms with E-state index < -0.39 is 5.91 Å². The molecule has 1 aromatic rings. The van der Waals surface area contributed by atoms with Gasteiger partial charge >= 0.3 is 0 Å². The van der Waals surface area contributed by atoms with E-state index in [1.54, 1.807) is 24.3 Å². The molecule has 2 amide bonds. The van der Waals surface area contributed by atoms with E-state index in [4.69, 9.17) is 14.7 Å². The van der Waals surface area contributed by atoms with E-state index in [-0.39, 0.29) is 24.2 Å². The van der Waals surface area contributed by atoms with E-state index in [0.29, 0.717) is 17.9 Å². The maximum absolute atomic E-state index is 11.8. The standard InChI is InChI=1S/C18H21N3O4/c1-20-18(23)14(10-19)9-13-4-6-15(7-5-13)25-12-17(22)21-11-16-3-2-8-24-16/h4-7,9,16H,2-3,8,11-12H2,1H3,(H,20,23)(H,21,22)/b14-9+/t16-/m1/s1. The average Bonchev–Trinajstić information content (AvgIpc) is 3.16. The van der Waals surface area contributed by atoms with Crippen molar-refractivity contribution >= 4 is 17.9 Å². The van der Waals surface area contributed by atoms with Gasteiger partial charge in [-0.15, -0.1) is 0 Å². The summed E-state index contributed by atoms with van der Waals surface area (Å²) in [5, 5.41) is 14.1. The summed E-state index contributed by atoms with van der Waals surface area (Å²) in [5.74, 6) is -0.112. The van der Waals surface area contributed by atoms with Gasteiger partial charge in [-0.1, -0.05) is 12.1 Å². The van der Waals surface area contributed by atoms with Crippen LogP contribution in [0.25, 0.3) is 6.08 Å². The minimum absolute atomic E-state index is 0.0182. The van der Waals surface area contributed by atoms with Crippen LogP contribution in [0.1, 0.15) is 18.4 Å². The van der Waals surface area contributed by atoms with E-state index in [0.717, 1.165) is 19.4 Å². The summed E-state index contributed by atoms with van der Waals surface area (Å²) in [4.78, 5) is 23.2. The first kappa shape index (κ1) is 18.5. The second-order valence-electron chi connectivity index (χ2n) is 5.55. The first-order chi connectivity index (χ1) is 12.1. The molecule has 2 rings (SSSR count). The van der Waals surface area contributed by atoms with Crippen LogP contribution in [-0.2, 0) is 14.3 Å². The Morgan fingerprint density at radius 1 is 1.40 bits per heavy atom. The fraction of sp³-hybridized carbons (Fsp3) is 0.389. The van der Waals surface area contributed by atoms with Crippen LogP contribution in [0.15, 0.2) is 29.8 Å². The van der Waals surface area contributed by atoms with E-state index in [2.05, 4.69) is 10.6 Å². The largest absolute Gasteiger partial charge is 0.484 e. The van der Waals surface area contributed by atoms with E-state index >= 15 is 0 Å². The van der Waals surface area contributed by atoms with Crippen molar-refractivity contribution in [3.05, 3.63) is 35.4 Å². The minimum atomic E-state index is -0.439. The van der Waals surface area contributed by atoms with Gasteiger partial charge in [-0.3, -0.25) is 9.59 Å². The van der Waals surface area contributed by atoms with E-state index in [1.165, 1.54) is 13.1 Å². The van der Waals surface area contributed by atoms with Gasteiger partial charge in [0.1, 0.15) is 17.4 Å². The zero-order valence-corrected chi connectivity index (χ0v) is 14.1. The Hall–Kier alpha value is -2.85. The molecule has 0 saturated carbocycles. The van der Waals surface area contributed by atoms with Crippen LogP contribution < -0.4 is 15.4 Å². The molecule has 132 valence electrons. The van der Waals surface area contributed by atoms with Crippen LogP contribution >= 0.6 is 0 Å². The van der Waals surface area contributed by atoms with Crippen LogP contribution in [0.3, 0.4) is 0 Å². The lowest BCUT2D eigenvalue weighted by Crippen LogP contribution is -2.35. The summed E-state index contributed by atoms with van der Waals surface area (Å²) >= 11 is 0. The molecule has 0 radical (unpaired) electrons. The highest BCUT2D eigenvalue weighted by molar-refractivity contribution is 6.01. The highest BCUT2D eigenvalue weighted by atomic mass is 16.5. The summed E-state index contributed by atoms with van der Waals surface area (Å²) in [6, 6.07) is 8.62. The maximum atomic E-state index is 11.8. The number of carbonyl (C=O) groups is 2. The number of rotatable bonds is 7. The van der Waals surface area contributed by atoms with Crippen molar-refractivity contribution in [3.63, 3.8) is 0 Å². The second-order valence-corrected chi connectivity index (χ2v) is 5.55. The van der Waals surface area contributed by atoms with Gasteiger partial charge in [0.25, 0.3) is 11.8 Å². The van der Waals surface area contributed by atoms with Gasteiger partial charge in [0.15, 0.2) is 6.61 Å². The topological polar surface area (TPSA) is 100 Å². The van der Waals surface area contributed by atoms with Crippen LogP contribution in [0.2, 0.25) is 0 Å². The van der Waals surface area contributed by atoms with Gasteiger partial charge < -0.3 is 20.1 Å². The molecular weight excluding hydrogens is 322 g/mol. The fourth-order valence-corrected chi connectivity index (χ4v) is 2.34. The Bertz CT molecular complexity index is 671. The smallest absolute Gasteiger partial charge is 0.261 e. The molecule has 1 aromatic carbocycles. The number of hydrogen-bond donors (Lipinski definition) is 2. The predicted octanol–water partition coefficient (Wildman–Crippen LogP) is 1.01. The Labute approximate surface area is 146 Å². The lowest BCUT2D eigenvalue weighted by atomic mass is 10.1. The average molecular weight is 343 g/mol. The molecule has 0 aliphatic carbocycles. The molecule has 25 heavy (non-hydrogen) atoms. The maximum Gasteiger partial charge on any atom is 0.261 e. The number of nitrogens with one attached hydrogen (secondary N) is 2. The van der Waals surface area contributed by atoms with Crippen LogP contribution in [0.4, 0.5) is 0 Å². The Morgan fingerprint density at radius 2 is 2.16 bits per heavy atom. The van der Waals surface area contributed by atoms with Crippen LogP contribution in [0.5, 0.6) is 5.75 Å². The van der Waals surface area contributed by atoms with Gasteiger partial charge in [0, 0.05) is 20.2 Å². The van der Waals surface area contributed by atoms with Crippen molar-refractivity contribution in [2.75, 3.05) is 26.8 Å². The molecule has 0 spiro atoms. The number of carbonyl (C=O) groups excluding carboxylic acids is 2. The summed E-state index contributed by atoms with van der Waals surface area (Å²) in [7, 11) is 1.47. The van der Waals surface area contributed by atoms with Crippen LogP contribution in [-0.4, -0.2) is 44.7 Å². The van der Waals surface area contributed by atoms with Gasteiger partial charge in [-0.2, -0.15) is 5.26 Å². The molecule has 1 aliphatic rings. The second kappa shape index (κ2) is 9.45. The van der Waals surface area contributed by atoms with Gasteiger partial charge in [0.2, 0.25) is 0 Å². The molecule has 1 aliphatic heterocycles. The predicted molar refractivity (Wildman–Crippen MR) is 91.6 cm³/mol. The molecular formula is C18H21N3O4. The fourth-order valence-electron chi connectivity index (χ4n) is 2.34. The third-order valence-electron chi connectivity index (χ3n) is 3.70. The summed E-state index contributed by atoms with van der Waals surface area (Å²) in [6.07, 6.45) is 3.59. The number of ether oxygens (including phenoxy) is 2. The number of nitrogens with zero attached hydrogens (tertiary/aromatic N) is 1. The summed E-state index contributed by atoms with van der Waals surface area (Å²) in [5.41, 5.74) is 0.708.